The molecule has 0 radical (unpaired) electrons. The second-order valence-corrected chi connectivity index (χ2v) is 5.39. The Morgan fingerprint density at radius 1 is 1.48 bits per heavy atom. The van der Waals surface area contributed by atoms with Crippen molar-refractivity contribution in [3.8, 4) is 5.75 Å². The van der Waals surface area contributed by atoms with Crippen LogP contribution in [0.3, 0.4) is 0 Å². The van der Waals surface area contributed by atoms with E-state index in [1.54, 1.807) is 24.3 Å². The molecule has 0 saturated carbocycles. The van der Waals surface area contributed by atoms with Crippen molar-refractivity contribution in [3.63, 3.8) is 0 Å². The van der Waals surface area contributed by atoms with Gasteiger partial charge in [0.25, 0.3) is 5.91 Å². The first-order valence-electron chi connectivity index (χ1n) is 6.52. The van der Waals surface area contributed by atoms with Crippen LogP contribution >= 0.6 is 11.6 Å². The van der Waals surface area contributed by atoms with Crippen molar-refractivity contribution < 1.29 is 24.5 Å². The van der Waals surface area contributed by atoms with Gasteiger partial charge in [0.05, 0.1) is 6.10 Å². The van der Waals surface area contributed by atoms with Gasteiger partial charge in [0, 0.05) is 18.0 Å². The summed E-state index contributed by atoms with van der Waals surface area (Å²) in [5.41, 5.74) is 0. The van der Waals surface area contributed by atoms with E-state index in [0.29, 0.717) is 10.8 Å². The van der Waals surface area contributed by atoms with Crippen molar-refractivity contribution in [2.75, 3.05) is 6.54 Å². The van der Waals surface area contributed by atoms with Crippen molar-refractivity contribution in [1.29, 1.82) is 0 Å². The van der Waals surface area contributed by atoms with Crippen molar-refractivity contribution in [2.24, 2.45) is 0 Å². The molecule has 0 spiro atoms. The molecular weight excluding hydrogens is 298 g/mol. The highest BCUT2D eigenvalue weighted by atomic mass is 35.5. The number of aliphatic carboxylic acids is 1. The van der Waals surface area contributed by atoms with E-state index in [-0.39, 0.29) is 13.0 Å². The van der Waals surface area contributed by atoms with Gasteiger partial charge in [-0.2, -0.15) is 0 Å². The maximum Gasteiger partial charge on any atom is 0.326 e. The molecule has 2 rings (SSSR count). The number of carboxylic acid groups (broad SMARTS) is 1. The van der Waals surface area contributed by atoms with Crippen molar-refractivity contribution in [2.45, 2.75) is 31.6 Å². The summed E-state index contributed by atoms with van der Waals surface area (Å²) in [6.07, 6.45) is -1.66. The number of hydrogen-bond acceptors (Lipinski definition) is 4. The summed E-state index contributed by atoms with van der Waals surface area (Å²) < 4.78 is 5.48. The van der Waals surface area contributed by atoms with E-state index < -0.39 is 30.1 Å². The van der Waals surface area contributed by atoms with Gasteiger partial charge in [-0.3, -0.25) is 4.79 Å². The fraction of sp³-hybridized carbons (Fsp3) is 0.429. The quantitative estimate of drug-likeness (QED) is 0.871. The van der Waals surface area contributed by atoms with Crippen LogP contribution in [0.5, 0.6) is 5.75 Å². The van der Waals surface area contributed by atoms with Gasteiger partial charge >= 0.3 is 5.97 Å². The second-order valence-electron chi connectivity index (χ2n) is 4.95. The van der Waals surface area contributed by atoms with Gasteiger partial charge in [-0.15, -0.1) is 0 Å². The molecule has 0 aromatic heterocycles. The molecule has 1 aromatic rings. The van der Waals surface area contributed by atoms with Gasteiger partial charge < -0.3 is 19.8 Å². The van der Waals surface area contributed by atoms with Gasteiger partial charge in [-0.25, -0.2) is 4.79 Å². The maximum absolute atomic E-state index is 12.3. The van der Waals surface area contributed by atoms with Crippen LogP contribution in [0.2, 0.25) is 5.02 Å². The molecule has 1 aromatic carbocycles. The lowest BCUT2D eigenvalue weighted by Gasteiger charge is -2.25. The number of nitrogens with zero attached hydrogens (tertiary/aromatic N) is 1. The Balaban J connectivity index is 2.06. The topological polar surface area (TPSA) is 87.1 Å². The molecule has 7 heteroatoms. The fourth-order valence-corrected chi connectivity index (χ4v) is 2.50. The average Bonchev–Trinajstić information content (AvgIpc) is 2.80. The lowest BCUT2D eigenvalue weighted by molar-refractivity contribution is -0.150. The van der Waals surface area contributed by atoms with Gasteiger partial charge in [-0.05, 0) is 25.1 Å². The lowest BCUT2D eigenvalue weighted by Crippen LogP contribution is -2.46. The predicted molar refractivity (Wildman–Crippen MR) is 75.3 cm³/mol. The molecule has 21 heavy (non-hydrogen) atoms. The lowest BCUT2D eigenvalue weighted by atomic mass is 10.2. The summed E-state index contributed by atoms with van der Waals surface area (Å²) in [7, 11) is 0. The Morgan fingerprint density at radius 2 is 2.19 bits per heavy atom. The minimum Gasteiger partial charge on any atom is -0.481 e. The monoisotopic (exact) mass is 313 g/mol. The summed E-state index contributed by atoms with van der Waals surface area (Å²) >= 11 is 5.83. The Kier molecular flexibility index (Phi) is 4.69. The molecule has 114 valence electrons. The Labute approximate surface area is 126 Å². The number of amides is 1. The largest absolute Gasteiger partial charge is 0.481 e. The van der Waals surface area contributed by atoms with E-state index in [4.69, 9.17) is 21.4 Å². The van der Waals surface area contributed by atoms with E-state index in [2.05, 4.69) is 0 Å². The third kappa shape index (κ3) is 3.65. The first-order valence-corrected chi connectivity index (χ1v) is 6.90. The number of carbonyl (C=O) groups excluding carboxylic acids is 1. The smallest absolute Gasteiger partial charge is 0.326 e. The van der Waals surface area contributed by atoms with Crippen molar-refractivity contribution in [1.82, 2.24) is 4.90 Å². The van der Waals surface area contributed by atoms with Crippen LogP contribution in [0.4, 0.5) is 0 Å². The third-order valence-electron chi connectivity index (χ3n) is 3.30. The highest BCUT2D eigenvalue weighted by molar-refractivity contribution is 6.30. The first kappa shape index (κ1) is 15.6. The normalized spacial score (nSPS) is 22.9. The number of benzene rings is 1. The van der Waals surface area contributed by atoms with E-state index >= 15 is 0 Å². The molecule has 1 fully saturated rings. The predicted octanol–water partition coefficient (Wildman–Crippen LogP) is 1.15. The average molecular weight is 314 g/mol. The van der Waals surface area contributed by atoms with Crippen LogP contribution in [0.25, 0.3) is 0 Å². The molecule has 6 nitrogen and oxygen atoms in total. The summed E-state index contributed by atoms with van der Waals surface area (Å²) in [4.78, 5) is 24.6. The number of likely N-dealkylation sites (tertiary alicyclic amines) is 1. The van der Waals surface area contributed by atoms with E-state index in [1.807, 2.05) is 0 Å². The minimum absolute atomic E-state index is 0.000947. The second kappa shape index (κ2) is 6.32. The van der Waals surface area contributed by atoms with E-state index in [9.17, 15) is 14.7 Å². The van der Waals surface area contributed by atoms with Gasteiger partial charge in [0.1, 0.15) is 11.8 Å². The SMILES string of the molecule is CC(Oc1cccc(Cl)c1)C(=O)N1C[C@@H](O)C[C@H]1C(=O)O. The Hall–Kier alpha value is -1.79. The third-order valence-corrected chi connectivity index (χ3v) is 3.54. The van der Waals surface area contributed by atoms with E-state index in [0.717, 1.165) is 4.90 Å². The number of carboxylic acids is 1. The summed E-state index contributed by atoms with van der Waals surface area (Å²) in [6.45, 7) is 1.53. The molecule has 1 heterocycles. The molecule has 2 N–H and O–H groups in total. The molecule has 0 aliphatic carbocycles. The van der Waals surface area contributed by atoms with Gasteiger partial charge in [0.15, 0.2) is 6.10 Å². The molecule has 3 atom stereocenters. The number of rotatable bonds is 4. The summed E-state index contributed by atoms with van der Waals surface area (Å²) in [6, 6.07) is 5.58. The van der Waals surface area contributed by atoms with Gasteiger partial charge in [-0.1, -0.05) is 17.7 Å². The Morgan fingerprint density at radius 3 is 2.81 bits per heavy atom. The highest BCUT2D eigenvalue weighted by Gasteiger charge is 2.40. The highest BCUT2D eigenvalue weighted by Crippen LogP contribution is 2.22. The number of carbonyl (C=O) groups is 2. The first-order chi connectivity index (χ1) is 9.88. The zero-order chi connectivity index (χ0) is 15.6. The molecule has 1 amide bonds. The number of aliphatic hydroxyl groups is 1. The number of halogens is 1. The minimum atomic E-state index is -1.13. The number of β-amino-alcohol motifs (C(OH)–C–C–N with tert-alkyl or cyclic N) is 1. The Bertz CT molecular complexity index is 550. The summed E-state index contributed by atoms with van der Waals surface area (Å²) in [5, 5.41) is 19.1. The zero-order valence-corrected chi connectivity index (χ0v) is 12.2. The molecule has 1 unspecified atom stereocenters. The van der Waals surface area contributed by atoms with Crippen molar-refractivity contribution >= 4 is 23.5 Å². The van der Waals surface area contributed by atoms with Gasteiger partial charge in [0.2, 0.25) is 0 Å². The van der Waals surface area contributed by atoms with Crippen LogP contribution in [-0.4, -0.2) is 51.8 Å². The summed E-state index contributed by atoms with van der Waals surface area (Å²) in [5.74, 6) is -1.18. The fourth-order valence-electron chi connectivity index (χ4n) is 2.32. The van der Waals surface area contributed by atoms with Crippen LogP contribution in [0.1, 0.15) is 13.3 Å². The van der Waals surface area contributed by atoms with E-state index in [1.165, 1.54) is 6.92 Å². The molecule has 1 saturated heterocycles. The number of hydrogen-bond donors (Lipinski definition) is 2. The number of ether oxygens (including phenoxy) is 1. The molecular formula is C14H16ClNO5. The van der Waals surface area contributed by atoms with Crippen LogP contribution in [0.15, 0.2) is 24.3 Å². The van der Waals surface area contributed by atoms with Crippen LogP contribution < -0.4 is 4.74 Å². The maximum atomic E-state index is 12.3. The number of aliphatic hydroxyl groups excluding tert-OH is 1. The standard InChI is InChI=1S/C14H16ClNO5/c1-8(21-11-4-2-3-9(15)5-11)13(18)16-7-10(17)6-12(16)14(19)20/h2-5,8,10,12,17H,6-7H2,1H3,(H,19,20)/t8?,10-,12-/m0/s1. The molecule has 1 aliphatic heterocycles. The molecule has 0 bridgehead atoms. The molecule has 1 aliphatic rings. The van der Waals surface area contributed by atoms with Crippen molar-refractivity contribution in [3.05, 3.63) is 29.3 Å². The van der Waals surface area contributed by atoms with Crippen LogP contribution in [0, 0.1) is 0 Å². The zero-order valence-electron chi connectivity index (χ0n) is 11.4. The van der Waals surface area contributed by atoms with Crippen LogP contribution in [-0.2, 0) is 9.59 Å².